The normalized spacial score (nSPS) is 10.1. The highest BCUT2D eigenvalue weighted by molar-refractivity contribution is 14.1. The highest BCUT2D eigenvalue weighted by Crippen LogP contribution is 2.25. The van der Waals surface area contributed by atoms with Gasteiger partial charge < -0.3 is 9.47 Å². The number of carbonyl (C=O) groups is 1. The van der Waals surface area contributed by atoms with Crippen LogP contribution in [0.15, 0.2) is 42.5 Å². The first-order valence-corrected chi connectivity index (χ1v) is 6.76. The number of hydrogen-bond acceptors (Lipinski definition) is 3. The van der Waals surface area contributed by atoms with E-state index in [1.54, 1.807) is 32.4 Å². The molecule has 0 aliphatic carbocycles. The van der Waals surface area contributed by atoms with Gasteiger partial charge in [0.1, 0.15) is 11.5 Å². The van der Waals surface area contributed by atoms with Crippen LogP contribution in [-0.2, 0) is 0 Å². The summed E-state index contributed by atoms with van der Waals surface area (Å²) in [6.45, 7) is 0. The molecule has 0 aliphatic rings. The molecule has 0 saturated heterocycles. The number of methoxy groups -OCH3 is 2. The highest BCUT2D eigenvalue weighted by Gasteiger charge is 2.14. The fourth-order valence-electron chi connectivity index (χ4n) is 1.74. The molecule has 0 spiro atoms. The predicted molar refractivity (Wildman–Crippen MR) is 82.1 cm³/mol. The van der Waals surface area contributed by atoms with Crippen LogP contribution in [0.1, 0.15) is 15.9 Å². The molecule has 0 radical (unpaired) electrons. The Labute approximate surface area is 125 Å². The first kappa shape index (κ1) is 13.9. The maximum absolute atomic E-state index is 12.5. The van der Waals surface area contributed by atoms with Gasteiger partial charge in [-0.15, -0.1) is 0 Å². The lowest BCUT2D eigenvalue weighted by molar-refractivity contribution is 0.103. The third kappa shape index (κ3) is 3.07. The summed E-state index contributed by atoms with van der Waals surface area (Å²) in [6.07, 6.45) is 0. The average Bonchev–Trinajstić information content (AvgIpc) is 2.46. The molecule has 0 atom stereocenters. The monoisotopic (exact) mass is 368 g/mol. The molecule has 2 aromatic carbocycles. The second-order valence-electron chi connectivity index (χ2n) is 3.91. The second kappa shape index (κ2) is 6.06. The van der Waals surface area contributed by atoms with E-state index in [2.05, 4.69) is 22.6 Å². The molecular formula is C15H13IO3. The largest absolute Gasteiger partial charge is 0.497 e. The number of carbonyl (C=O) groups excluding carboxylic acids is 1. The van der Waals surface area contributed by atoms with Gasteiger partial charge in [-0.25, -0.2) is 0 Å². The molecular weight excluding hydrogens is 355 g/mol. The number of ketones is 1. The van der Waals surface area contributed by atoms with Crippen molar-refractivity contribution < 1.29 is 14.3 Å². The minimum atomic E-state index is -0.0396. The van der Waals surface area contributed by atoms with Crippen molar-refractivity contribution in [2.75, 3.05) is 14.2 Å². The topological polar surface area (TPSA) is 35.5 Å². The van der Waals surface area contributed by atoms with Crippen LogP contribution in [0.4, 0.5) is 0 Å². The molecule has 0 bridgehead atoms. The van der Waals surface area contributed by atoms with Crippen molar-refractivity contribution in [1.29, 1.82) is 0 Å². The van der Waals surface area contributed by atoms with Crippen molar-refractivity contribution in [3.8, 4) is 11.5 Å². The van der Waals surface area contributed by atoms with Crippen molar-refractivity contribution in [1.82, 2.24) is 0 Å². The van der Waals surface area contributed by atoms with Crippen LogP contribution in [0, 0.1) is 3.57 Å². The quantitative estimate of drug-likeness (QED) is 0.612. The molecule has 4 heteroatoms. The standard InChI is InChI=1S/C15H13IO3/c1-18-11-7-10(8-12(9-11)19-2)15(17)13-5-3-4-6-14(13)16/h3-9H,1-2H3. The maximum Gasteiger partial charge on any atom is 0.194 e. The van der Waals surface area contributed by atoms with Gasteiger partial charge in [-0.1, -0.05) is 12.1 Å². The van der Waals surface area contributed by atoms with Gasteiger partial charge in [0.15, 0.2) is 5.78 Å². The molecule has 0 aliphatic heterocycles. The third-order valence-electron chi connectivity index (χ3n) is 2.73. The van der Waals surface area contributed by atoms with Crippen LogP contribution in [0.3, 0.4) is 0 Å². The van der Waals surface area contributed by atoms with Crippen LogP contribution >= 0.6 is 22.6 Å². The predicted octanol–water partition coefficient (Wildman–Crippen LogP) is 3.54. The Bertz CT molecular complexity index is 586. The number of halogens is 1. The molecule has 19 heavy (non-hydrogen) atoms. The minimum absolute atomic E-state index is 0.0396. The van der Waals surface area contributed by atoms with E-state index in [4.69, 9.17) is 9.47 Å². The SMILES string of the molecule is COc1cc(OC)cc(C(=O)c2ccccc2I)c1. The summed E-state index contributed by atoms with van der Waals surface area (Å²) in [7, 11) is 3.13. The van der Waals surface area contributed by atoms with E-state index in [-0.39, 0.29) is 5.78 Å². The lowest BCUT2D eigenvalue weighted by atomic mass is 10.0. The van der Waals surface area contributed by atoms with E-state index < -0.39 is 0 Å². The van der Waals surface area contributed by atoms with E-state index in [9.17, 15) is 4.79 Å². The third-order valence-corrected chi connectivity index (χ3v) is 3.67. The van der Waals surface area contributed by atoms with Gasteiger partial charge in [0.05, 0.1) is 14.2 Å². The molecule has 0 heterocycles. The Morgan fingerprint density at radius 1 is 1.00 bits per heavy atom. The zero-order valence-electron chi connectivity index (χ0n) is 10.6. The van der Waals surface area contributed by atoms with E-state index in [0.29, 0.717) is 22.6 Å². The average molecular weight is 368 g/mol. The van der Waals surface area contributed by atoms with Crippen molar-refractivity contribution in [3.05, 3.63) is 57.2 Å². The Hall–Kier alpha value is -1.56. The first-order valence-electron chi connectivity index (χ1n) is 5.68. The molecule has 0 amide bonds. The van der Waals surface area contributed by atoms with Gasteiger partial charge in [-0.3, -0.25) is 4.79 Å². The summed E-state index contributed by atoms with van der Waals surface area (Å²) < 4.78 is 11.3. The van der Waals surface area contributed by atoms with Crippen molar-refractivity contribution in [3.63, 3.8) is 0 Å². The van der Waals surface area contributed by atoms with Crippen LogP contribution in [0.25, 0.3) is 0 Å². The fourth-order valence-corrected chi connectivity index (χ4v) is 2.37. The lowest BCUT2D eigenvalue weighted by Crippen LogP contribution is -2.04. The minimum Gasteiger partial charge on any atom is -0.497 e. The zero-order valence-corrected chi connectivity index (χ0v) is 12.8. The Morgan fingerprint density at radius 2 is 1.58 bits per heavy atom. The number of ether oxygens (including phenoxy) is 2. The molecule has 0 saturated carbocycles. The number of hydrogen-bond donors (Lipinski definition) is 0. The molecule has 0 fully saturated rings. The zero-order chi connectivity index (χ0) is 13.8. The lowest BCUT2D eigenvalue weighted by Gasteiger charge is -2.08. The highest BCUT2D eigenvalue weighted by atomic mass is 127. The summed E-state index contributed by atoms with van der Waals surface area (Å²) in [5, 5.41) is 0. The van der Waals surface area contributed by atoms with Crippen LogP contribution in [-0.4, -0.2) is 20.0 Å². The summed E-state index contributed by atoms with van der Waals surface area (Å²) in [5.74, 6) is 1.17. The summed E-state index contributed by atoms with van der Waals surface area (Å²) in [5.41, 5.74) is 1.23. The van der Waals surface area contributed by atoms with Crippen molar-refractivity contribution >= 4 is 28.4 Å². The van der Waals surface area contributed by atoms with Crippen LogP contribution in [0.2, 0.25) is 0 Å². The fraction of sp³-hybridized carbons (Fsp3) is 0.133. The number of benzene rings is 2. The van der Waals surface area contributed by atoms with Crippen LogP contribution < -0.4 is 9.47 Å². The Balaban J connectivity index is 2.47. The summed E-state index contributed by atoms with van der Waals surface area (Å²) >= 11 is 2.15. The second-order valence-corrected chi connectivity index (χ2v) is 5.07. The van der Waals surface area contributed by atoms with Crippen molar-refractivity contribution in [2.24, 2.45) is 0 Å². The summed E-state index contributed by atoms with van der Waals surface area (Å²) in [6, 6.07) is 12.7. The molecule has 98 valence electrons. The van der Waals surface area contributed by atoms with Gasteiger partial charge in [-0.05, 0) is 46.9 Å². The molecule has 0 unspecified atom stereocenters. The molecule has 2 rings (SSSR count). The van der Waals surface area contributed by atoms with Gasteiger partial charge in [0, 0.05) is 20.8 Å². The molecule has 0 N–H and O–H groups in total. The van der Waals surface area contributed by atoms with E-state index in [1.165, 1.54) is 0 Å². The van der Waals surface area contributed by atoms with Crippen molar-refractivity contribution in [2.45, 2.75) is 0 Å². The van der Waals surface area contributed by atoms with Crippen LogP contribution in [0.5, 0.6) is 11.5 Å². The first-order chi connectivity index (χ1) is 9.15. The number of rotatable bonds is 4. The molecule has 0 aromatic heterocycles. The van der Waals surface area contributed by atoms with Gasteiger partial charge in [-0.2, -0.15) is 0 Å². The Morgan fingerprint density at radius 3 is 2.11 bits per heavy atom. The van der Waals surface area contributed by atoms with Gasteiger partial charge >= 0.3 is 0 Å². The maximum atomic E-state index is 12.5. The van der Waals surface area contributed by atoms with E-state index in [0.717, 1.165) is 3.57 Å². The van der Waals surface area contributed by atoms with E-state index >= 15 is 0 Å². The van der Waals surface area contributed by atoms with Gasteiger partial charge in [0.2, 0.25) is 0 Å². The smallest absolute Gasteiger partial charge is 0.194 e. The van der Waals surface area contributed by atoms with E-state index in [1.807, 2.05) is 24.3 Å². The molecule has 2 aromatic rings. The summed E-state index contributed by atoms with van der Waals surface area (Å²) in [4.78, 5) is 12.5. The van der Waals surface area contributed by atoms with Gasteiger partial charge in [0.25, 0.3) is 0 Å². The Kier molecular flexibility index (Phi) is 4.42. The molecule has 3 nitrogen and oxygen atoms in total.